The van der Waals surface area contributed by atoms with E-state index in [1.165, 1.54) is 19.1 Å². The van der Waals surface area contributed by atoms with E-state index in [1.807, 2.05) is 0 Å². The van der Waals surface area contributed by atoms with Gasteiger partial charge in [0.2, 0.25) is 0 Å². The highest BCUT2D eigenvalue weighted by Gasteiger charge is 2.38. The van der Waals surface area contributed by atoms with Gasteiger partial charge in [-0.15, -0.1) is 0 Å². The summed E-state index contributed by atoms with van der Waals surface area (Å²) in [7, 11) is 0. The number of hydrazone groups is 1. The number of amidine groups is 1. The van der Waals surface area contributed by atoms with Crippen molar-refractivity contribution < 1.29 is 18.0 Å². The van der Waals surface area contributed by atoms with Crippen LogP contribution in [0, 0.1) is 5.82 Å². The zero-order chi connectivity index (χ0) is 14.2. The quantitative estimate of drug-likeness (QED) is 0.516. The van der Waals surface area contributed by atoms with E-state index in [1.54, 1.807) is 0 Å². The van der Waals surface area contributed by atoms with Crippen LogP contribution in [0.2, 0.25) is 0 Å². The van der Waals surface area contributed by atoms with Gasteiger partial charge in [-0.2, -0.15) is 13.9 Å². The number of anilines is 2. The number of nitrogen functional groups attached to an aromatic ring is 1. The minimum Gasteiger partial charge on any atom is -0.399 e. The van der Waals surface area contributed by atoms with Gasteiger partial charge in [0.05, 0.1) is 0 Å². The number of hydrogen-bond donors (Lipinski definition) is 1. The Labute approximate surface area is 107 Å². The number of alkyl halides is 2. The summed E-state index contributed by atoms with van der Waals surface area (Å²) >= 11 is 0. The van der Waals surface area contributed by atoms with E-state index in [0.717, 1.165) is 11.1 Å². The van der Waals surface area contributed by atoms with E-state index >= 15 is 0 Å². The molecule has 2 rings (SSSR count). The molecule has 1 aliphatic heterocycles. The molecule has 1 atom stereocenters. The summed E-state index contributed by atoms with van der Waals surface area (Å²) < 4.78 is 39.4. The van der Waals surface area contributed by atoms with Crippen molar-refractivity contribution in [2.45, 2.75) is 19.6 Å². The molecule has 0 spiro atoms. The van der Waals surface area contributed by atoms with Gasteiger partial charge in [-0.05, 0) is 25.1 Å². The number of rotatable bonds is 3. The molecule has 1 unspecified atom stereocenters. The van der Waals surface area contributed by atoms with Gasteiger partial charge in [0.1, 0.15) is 17.3 Å². The summed E-state index contributed by atoms with van der Waals surface area (Å²) in [5.41, 5.74) is 5.63. The smallest absolute Gasteiger partial charge is 0.318 e. The van der Waals surface area contributed by atoms with Crippen molar-refractivity contribution in [3.63, 3.8) is 0 Å². The van der Waals surface area contributed by atoms with E-state index in [2.05, 4.69) is 5.10 Å². The fraction of sp³-hybridized carbons (Fsp3) is 0.273. The van der Waals surface area contributed by atoms with Crippen LogP contribution in [0.3, 0.4) is 0 Å². The molecule has 0 aliphatic carbocycles. The highest BCUT2D eigenvalue weighted by Crippen LogP contribution is 2.30. The first-order chi connectivity index (χ1) is 8.95. The SMILES string of the molecule is CC1=NN(c2cc(N)ccc2F)C(C=O)N1C(F)F. The van der Waals surface area contributed by atoms with Gasteiger partial charge in [0, 0.05) is 5.69 Å². The third-order valence-corrected chi connectivity index (χ3v) is 2.71. The Morgan fingerprint density at radius 1 is 1.47 bits per heavy atom. The Bertz CT molecular complexity index is 535. The fourth-order valence-electron chi connectivity index (χ4n) is 1.86. The lowest BCUT2D eigenvalue weighted by Gasteiger charge is -2.26. The van der Waals surface area contributed by atoms with Gasteiger partial charge in [0.15, 0.2) is 12.5 Å². The number of aldehydes is 1. The molecule has 0 saturated heterocycles. The molecule has 0 aromatic heterocycles. The average Bonchev–Trinajstić information content (AvgIpc) is 2.69. The molecule has 0 fully saturated rings. The number of carbonyl (C=O) groups excluding carboxylic acids is 1. The van der Waals surface area contributed by atoms with Crippen LogP contribution in [-0.2, 0) is 4.79 Å². The second-order valence-corrected chi connectivity index (χ2v) is 3.94. The topological polar surface area (TPSA) is 61.9 Å². The Kier molecular flexibility index (Phi) is 3.32. The van der Waals surface area contributed by atoms with Crippen molar-refractivity contribution >= 4 is 23.5 Å². The second-order valence-electron chi connectivity index (χ2n) is 3.94. The van der Waals surface area contributed by atoms with Gasteiger partial charge in [0.25, 0.3) is 0 Å². The van der Waals surface area contributed by atoms with E-state index in [9.17, 15) is 18.0 Å². The van der Waals surface area contributed by atoms with E-state index in [0.29, 0.717) is 4.90 Å². The molecule has 0 saturated carbocycles. The molecular formula is C11H11F3N4O. The number of nitrogens with two attached hydrogens (primary N) is 1. The first-order valence-corrected chi connectivity index (χ1v) is 5.37. The Balaban J connectivity index is 2.45. The zero-order valence-corrected chi connectivity index (χ0v) is 9.93. The summed E-state index contributed by atoms with van der Waals surface area (Å²) in [4.78, 5) is 11.5. The Hall–Kier alpha value is -2.25. The van der Waals surface area contributed by atoms with Crippen LogP contribution in [0.25, 0.3) is 0 Å². The first-order valence-electron chi connectivity index (χ1n) is 5.37. The van der Waals surface area contributed by atoms with Crippen LogP contribution in [0.15, 0.2) is 23.3 Å². The molecule has 1 aromatic carbocycles. The predicted molar refractivity (Wildman–Crippen MR) is 64.1 cm³/mol. The second kappa shape index (κ2) is 4.79. The summed E-state index contributed by atoms with van der Waals surface area (Å²) in [6, 6.07) is 3.65. The van der Waals surface area contributed by atoms with Crippen LogP contribution in [0.1, 0.15) is 6.92 Å². The third kappa shape index (κ3) is 2.20. The van der Waals surface area contributed by atoms with Crippen molar-refractivity contribution in [1.29, 1.82) is 0 Å². The van der Waals surface area contributed by atoms with Crippen molar-refractivity contribution in [2.75, 3.05) is 10.7 Å². The Morgan fingerprint density at radius 3 is 2.74 bits per heavy atom. The normalized spacial score (nSPS) is 19.0. The maximum Gasteiger partial charge on any atom is 0.318 e. The third-order valence-electron chi connectivity index (χ3n) is 2.71. The minimum absolute atomic E-state index is 0.0751. The number of hydrogen-bond acceptors (Lipinski definition) is 5. The van der Waals surface area contributed by atoms with E-state index in [-0.39, 0.29) is 23.5 Å². The van der Waals surface area contributed by atoms with Crippen molar-refractivity contribution in [3.05, 3.63) is 24.0 Å². The van der Waals surface area contributed by atoms with Crippen LogP contribution in [0.5, 0.6) is 0 Å². The molecule has 102 valence electrons. The first kappa shape index (κ1) is 13.2. The fourth-order valence-corrected chi connectivity index (χ4v) is 1.86. The largest absolute Gasteiger partial charge is 0.399 e. The summed E-state index contributed by atoms with van der Waals surface area (Å²) in [5.74, 6) is -0.775. The highest BCUT2D eigenvalue weighted by atomic mass is 19.3. The average molecular weight is 272 g/mol. The van der Waals surface area contributed by atoms with Gasteiger partial charge in [-0.25, -0.2) is 9.40 Å². The standard InChI is InChI=1S/C11H11F3N4O/c1-6-16-18(10(5-19)17(6)11(13)14)9-4-7(15)2-3-8(9)12/h2-5,10-11H,15H2,1H3. The van der Waals surface area contributed by atoms with Crippen molar-refractivity contribution in [2.24, 2.45) is 5.10 Å². The molecule has 1 aromatic rings. The highest BCUT2D eigenvalue weighted by molar-refractivity contribution is 5.88. The lowest BCUT2D eigenvalue weighted by molar-refractivity contribution is -0.114. The van der Waals surface area contributed by atoms with Gasteiger partial charge in [-0.1, -0.05) is 0 Å². The van der Waals surface area contributed by atoms with Gasteiger partial charge >= 0.3 is 6.55 Å². The maximum atomic E-state index is 13.7. The summed E-state index contributed by atoms with van der Waals surface area (Å²) in [6.07, 6.45) is -1.12. The molecule has 0 radical (unpaired) electrons. The summed E-state index contributed by atoms with van der Waals surface area (Å²) in [6.45, 7) is -1.60. The Morgan fingerprint density at radius 2 is 2.16 bits per heavy atom. The van der Waals surface area contributed by atoms with Crippen LogP contribution < -0.4 is 10.7 Å². The van der Waals surface area contributed by atoms with Gasteiger partial charge in [-0.3, -0.25) is 9.69 Å². The van der Waals surface area contributed by atoms with E-state index in [4.69, 9.17) is 5.73 Å². The van der Waals surface area contributed by atoms with Gasteiger partial charge < -0.3 is 5.73 Å². The molecule has 0 amide bonds. The molecular weight excluding hydrogens is 261 g/mol. The summed E-state index contributed by atoms with van der Waals surface area (Å²) in [5, 5.41) is 4.67. The molecule has 8 heteroatoms. The van der Waals surface area contributed by atoms with Crippen LogP contribution >= 0.6 is 0 Å². The lowest BCUT2D eigenvalue weighted by atomic mass is 10.2. The molecule has 0 bridgehead atoms. The lowest BCUT2D eigenvalue weighted by Crippen LogP contribution is -2.45. The van der Waals surface area contributed by atoms with E-state index < -0.39 is 18.5 Å². The number of carbonyl (C=O) groups is 1. The van der Waals surface area contributed by atoms with Crippen molar-refractivity contribution in [3.8, 4) is 0 Å². The molecule has 1 heterocycles. The number of halogens is 3. The molecule has 1 aliphatic rings. The zero-order valence-electron chi connectivity index (χ0n) is 9.93. The monoisotopic (exact) mass is 272 g/mol. The molecule has 19 heavy (non-hydrogen) atoms. The van der Waals surface area contributed by atoms with Crippen LogP contribution in [-0.4, -0.2) is 29.7 Å². The number of benzene rings is 1. The number of nitrogens with zero attached hydrogens (tertiary/aromatic N) is 3. The van der Waals surface area contributed by atoms with Crippen LogP contribution in [0.4, 0.5) is 24.5 Å². The minimum atomic E-state index is -2.91. The molecule has 5 nitrogen and oxygen atoms in total. The maximum absolute atomic E-state index is 13.7. The van der Waals surface area contributed by atoms with Crippen molar-refractivity contribution in [1.82, 2.24) is 4.90 Å². The molecule has 2 N–H and O–H groups in total. The predicted octanol–water partition coefficient (Wildman–Crippen LogP) is 1.61.